The zero-order valence-electron chi connectivity index (χ0n) is 26.3. The van der Waals surface area contributed by atoms with E-state index in [-0.39, 0.29) is 59.4 Å². The van der Waals surface area contributed by atoms with Crippen LogP contribution in [0.5, 0.6) is 0 Å². The van der Waals surface area contributed by atoms with Crippen LogP contribution in [0.1, 0.15) is 89.5 Å². The van der Waals surface area contributed by atoms with Crippen molar-refractivity contribution in [3.05, 3.63) is 34.9 Å². The van der Waals surface area contributed by atoms with Crippen LogP contribution in [0.15, 0.2) is 24.3 Å². The van der Waals surface area contributed by atoms with Gasteiger partial charge in [-0.05, 0) is 94.2 Å². The number of ketones is 1. The molecule has 4 aliphatic rings. The predicted octanol–water partition coefficient (Wildman–Crippen LogP) is 3.99. The number of hydrogen-bond donors (Lipinski definition) is 3. The third-order valence-electron chi connectivity index (χ3n) is 10.6. The molecule has 1 aromatic carbocycles. The van der Waals surface area contributed by atoms with E-state index in [0.717, 1.165) is 56.9 Å². The van der Waals surface area contributed by atoms with Gasteiger partial charge < -0.3 is 21.1 Å². The Morgan fingerprint density at radius 1 is 1.11 bits per heavy atom. The molecular weight excluding hydrogens is 600 g/mol. The largest absolute Gasteiger partial charge is 0.376 e. The van der Waals surface area contributed by atoms with Gasteiger partial charge in [-0.3, -0.25) is 9.59 Å². The van der Waals surface area contributed by atoms with Crippen molar-refractivity contribution < 1.29 is 22.7 Å². The van der Waals surface area contributed by atoms with E-state index in [1.165, 1.54) is 0 Å². The maximum absolute atomic E-state index is 14.3. The number of ether oxygens (including phenoxy) is 1. The predicted molar refractivity (Wildman–Crippen MR) is 173 cm³/mol. The summed E-state index contributed by atoms with van der Waals surface area (Å²) in [5.41, 5.74) is 6.40. The summed E-state index contributed by atoms with van der Waals surface area (Å²) in [6.07, 6.45) is 8.33. The average Bonchev–Trinajstić information content (AvgIpc) is 3.38. The molecule has 0 spiro atoms. The molecule has 2 unspecified atom stereocenters. The Bertz CT molecular complexity index is 1260. The molecule has 44 heavy (non-hydrogen) atoms. The standard InChI is InChI=1S/C33H51ClN4O5S/c1-33(2)18-25(14-15-43-33)31(23-8-11-26(34)12-9-23)32(37-30(40)19-35)29(39)17-24-6-3-5-22(24)10-13-28-20-36-27-7-4-16-44(41,42)38(28)21-27/h8-9,11-12,22,24-25,27-28,31-32,36H,3-7,10,13-21,35H2,1-2H3,(H,37,40)/t22-,24-,25?,27-,28+,31+,32-/m1/s1. The summed E-state index contributed by atoms with van der Waals surface area (Å²) in [6, 6.07) is 7.16. The second-order valence-corrected chi connectivity index (χ2v) is 16.7. The Hall–Kier alpha value is -1.56. The molecule has 1 amide bonds. The van der Waals surface area contributed by atoms with Crippen molar-refractivity contribution in [3.8, 4) is 0 Å². The van der Waals surface area contributed by atoms with E-state index in [1.54, 1.807) is 4.31 Å². The minimum absolute atomic E-state index is 0.0333. The summed E-state index contributed by atoms with van der Waals surface area (Å²) in [4.78, 5) is 27.1. The summed E-state index contributed by atoms with van der Waals surface area (Å²) >= 11 is 6.25. The van der Waals surface area contributed by atoms with Gasteiger partial charge in [-0.1, -0.05) is 36.6 Å². The molecule has 3 aliphatic heterocycles. The topological polar surface area (TPSA) is 131 Å². The van der Waals surface area contributed by atoms with Crippen LogP contribution in [-0.4, -0.2) is 80.1 Å². The number of piperazine rings is 1. The number of carbonyl (C=O) groups excluding carboxylic acids is 2. The monoisotopic (exact) mass is 650 g/mol. The molecular formula is C33H51ClN4O5S. The Kier molecular flexibility index (Phi) is 11.1. The van der Waals surface area contributed by atoms with E-state index in [0.29, 0.717) is 43.5 Å². The second kappa shape index (κ2) is 14.5. The molecule has 3 heterocycles. The molecule has 1 aromatic rings. The summed E-state index contributed by atoms with van der Waals surface area (Å²) in [6.45, 7) is 5.83. The number of Topliss-reactive ketones (excluding diaryl/α,β-unsaturated/α-hetero) is 1. The van der Waals surface area contributed by atoms with E-state index >= 15 is 0 Å². The molecule has 9 nitrogen and oxygen atoms in total. The van der Waals surface area contributed by atoms with Crippen LogP contribution in [0, 0.1) is 17.8 Å². The first-order chi connectivity index (χ1) is 21.0. The van der Waals surface area contributed by atoms with Crippen molar-refractivity contribution in [3.63, 3.8) is 0 Å². The van der Waals surface area contributed by atoms with E-state index in [9.17, 15) is 18.0 Å². The lowest BCUT2D eigenvalue weighted by Gasteiger charge is -2.42. The van der Waals surface area contributed by atoms with Crippen molar-refractivity contribution in [2.45, 2.75) is 108 Å². The molecule has 3 saturated heterocycles. The second-order valence-electron chi connectivity index (χ2n) is 14.2. The van der Waals surface area contributed by atoms with E-state index in [1.807, 2.05) is 24.3 Å². The minimum Gasteiger partial charge on any atom is -0.376 e. The number of nitrogens with zero attached hydrogens (tertiary/aromatic N) is 1. The maximum Gasteiger partial charge on any atom is 0.234 e. The number of nitrogens with two attached hydrogens (primary N) is 1. The lowest BCUT2D eigenvalue weighted by molar-refractivity contribution is -0.130. The highest BCUT2D eigenvalue weighted by molar-refractivity contribution is 7.89. The third kappa shape index (κ3) is 8.23. The van der Waals surface area contributed by atoms with Crippen LogP contribution >= 0.6 is 11.6 Å². The number of halogens is 1. The van der Waals surface area contributed by atoms with Crippen LogP contribution < -0.4 is 16.4 Å². The quantitative estimate of drug-likeness (QED) is 0.330. The van der Waals surface area contributed by atoms with Gasteiger partial charge in [0.1, 0.15) is 0 Å². The highest BCUT2D eigenvalue weighted by Crippen LogP contribution is 2.43. The summed E-state index contributed by atoms with van der Waals surface area (Å²) < 4.78 is 33.8. The van der Waals surface area contributed by atoms with Gasteiger partial charge in [-0.25, -0.2) is 8.42 Å². The van der Waals surface area contributed by atoms with Gasteiger partial charge in [0.2, 0.25) is 15.9 Å². The van der Waals surface area contributed by atoms with Crippen molar-refractivity contribution >= 4 is 33.3 Å². The van der Waals surface area contributed by atoms with Crippen molar-refractivity contribution in [1.82, 2.24) is 14.9 Å². The number of sulfonamides is 1. The van der Waals surface area contributed by atoms with E-state index < -0.39 is 16.1 Å². The Morgan fingerprint density at radius 2 is 1.86 bits per heavy atom. The fourth-order valence-electron chi connectivity index (χ4n) is 8.41. The number of carbonyl (C=O) groups is 2. The van der Waals surface area contributed by atoms with Gasteiger partial charge in [-0.15, -0.1) is 0 Å². The Labute approximate surface area is 268 Å². The SMILES string of the molecule is CC1(C)CC([C@H](c2ccc(Cl)cc2)[C@H](NC(=O)CN)C(=O)C[C@H]2CCC[C@@H]2CC[C@H]2CN[C@@H]3CCCS(=O)(=O)N2C3)CCO1. The molecule has 4 N–H and O–H groups in total. The number of amides is 1. The first-order valence-electron chi connectivity index (χ1n) is 16.6. The summed E-state index contributed by atoms with van der Waals surface area (Å²) in [5, 5.41) is 7.25. The fourth-order valence-corrected chi connectivity index (χ4v) is 10.3. The highest BCUT2D eigenvalue weighted by atomic mass is 35.5. The Morgan fingerprint density at radius 3 is 2.59 bits per heavy atom. The first-order valence-corrected chi connectivity index (χ1v) is 18.6. The van der Waals surface area contributed by atoms with Gasteiger partial charge in [0.25, 0.3) is 0 Å². The first kappa shape index (κ1) is 33.8. The van der Waals surface area contributed by atoms with E-state index in [2.05, 4.69) is 24.5 Å². The lowest BCUT2D eigenvalue weighted by Crippen LogP contribution is -2.57. The van der Waals surface area contributed by atoms with Gasteiger partial charge in [-0.2, -0.15) is 4.31 Å². The van der Waals surface area contributed by atoms with Crippen molar-refractivity contribution in [2.75, 3.05) is 32.0 Å². The van der Waals surface area contributed by atoms with Crippen LogP contribution in [0.25, 0.3) is 0 Å². The fraction of sp³-hybridized carbons (Fsp3) is 0.758. The molecule has 4 fully saturated rings. The maximum atomic E-state index is 14.3. The molecule has 1 aliphatic carbocycles. The molecule has 8 atom stereocenters. The Balaban J connectivity index is 1.32. The molecule has 246 valence electrons. The minimum atomic E-state index is -3.23. The molecule has 2 bridgehead atoms. The molecule has 0 aromatic heterocycles. The number of nitrogens with one attached hydrogen (secondary N) is 2. The number of rotatable bonds is 11. The number of fused-ring (bicyclic) bond motifs is 2. The van der Waals surface area contributed by atoms with Gasteiger partial charge in [0, 0.05) is 49.1 Å². The molecule has 0 radical (unpaired) electrons. The summed E-state index contributed by atoms with van der Waals surface area (Å²) in [7, 11) is -3.23. The average molecular weight is 651 g/mol. The highest BCUT2D eigenvalue weighted by Gasteiger charge is 2.43. The molecule has 1 saturated carbocycles. The molecule has 11 heteroatoms. The van der Waals surface area contributed by atoms with Crippen LogP contribution in [-0.2, 0) is 24.3 Å². The summed E-state index contributed by atoms with van der Waals surface area (Å²) in [5.74, 6) is 0.410. The zero-order valence-corrected chi connectivity index (χ0v) is 27.9. The number of hydrogen-bond acceptors (Lipinski definition) is 7. The van der Waals surface area contributed by atoms with Crippen LogP contribution in [0.3, 0.4) is 0 Å². The van der Waals surface area contributed by atoms with Crippen LogP contribution in [0.2, 0.25) is 5.02 Å². The van der Waals surface area contributed by atoms with E-state index in [4.69, 9.17) is 22.1 Å². The third-order valence-corrected chi connectivity index (χ3v) is 12.8. The van der Waals surface area contributed by atoms with Crippen molar-refractivity contribution in [1.29, 1.82) is 0 Å². The van der Waals surface area contributed by atoms with Crippen LogP contribution in [0.4, 0.5) is 0 Å². The van der Waals surface area contributed by atoms with Gasteiger partial charge in [0.05, 0.1) is 23.9 Å². The molecule has 5 rings (SSSR count). The normalized spacial score (nSPS) is 32.7. The smallest absolute Gasteiger partial charge is 0.234 e. The van der Waals surface area contributed by atoms with Gasteiger partial charge in [0.15, 0.2) is 5.78 Å². The number of benzene rings is 1. The zero-order chi connectivity index (χ0) is 31.5. The van der Waals surface area contributed by atoms with Crippen molar-refractivity contribution in [2.24, 2.45) is 23.5 Å². The lowest BCUT2D eigenvalue weighted by atomic mass is 9.71. The van der Waals surface area contributed by atoms with Gasteiger partial charge >= 0.3 is 0 Å².